The fourth-order valence-corrected chi connectivity index (χ4v) is 2.39. The minimum Gasteiger partial charge on any atom is -0.444 e. The fourth-order valence-electron chi connectivity index (χ4n) is 2.39. The first-order valence-corrected chi connectivity index (χ1v) is 9.12. The highest BCUT2D eigenvalue weighted by Crippen LogP contribution is 2.23. The number of amides is 2. The topological polar surface area (TPSA) is 85.2 Å². The van der Waals surface area contributed by atoms with E-state index in [0.29, 0.717) is 12.1 Å². The largest absolute Gasteiger partial charge is 0.444 e. The number of nitrogens with zero attached hydrogens (tertiary/aromatic N) is 2. The average molecular weight is 390 g/mol. The number of aromatic nitrogens is 2. The molecule has 0 saturated carbocycles. The first kappa shape index (κ1) is 21.4. The molecular formula is C20H27FN4O3. The molecule has 2 aromatic rings. The van der Waals surface area contributed by atoms with E-state index in [1.807, 2.05) is 6.92 Å². The zero-order chi connectivity index (χ0) is 20.9. The summed E-state index contributed by atoms with van der Waals surface area (Å²) in [5.74, 6) is -0.692. The first-order chi connectivity index (χ1) is 13.0. The number of hydrogen-bond acceptors (Lipinski definition) is 4. The number of nitrogens with one attached hydrogen (secondary N) is 2. The number of benzene rings is 1. The zero-order valence-electron chi connectivity index (χ0n) is 16.9. The lowest BCUT2D eigenvalue weighted by molar-refractivity contribution is -0.124. The van der Waals surface area contributed by atoms with Gasteiger partial charge in [0.1, 0.15) is 17.1 Å². The van der Waals surface area contributed by atoms with E-state index in [4.69, 9.17) is 4.74 Å². The summed E-state index contributed by atoms with van der Waals surface area (Å²) in [5.41, 5.74) is -0.745. The van der Waals surface area contributed by atoms with Crippen LogP contribution in [0.1, 0.15) is 41.0 Å². The second kappa shape index (κ2) is 8.41. The van der Waals surface area contributed by atoms with E-state index in [1.54, 1.807) is 45.9 Å². The van der Waals surface area contributed by atoms with Crippen molar-refractivity contribution in [3.05, 3.63) is 42.5 Å². The summed E-state index contributed by atoms with van der Waals surface area (Å²) in [6, 6.07) is 6.23. The highest BCUT2D eigenvalue weighted by molar-refractivity contribution is 5.95. The summed E-state index contributed by atoms with van der Waals surface area (Å²) >= 11 is 0. The Balaban J connectivity index is 2.03. The van der Waals surface area contributed by atoms with E-state index in [-0.39, 0.29) is 18.1 Å². The Kier molecular flexibility index (Phi) is 6.43. The average Bonchev–Trinajstić information content (AvgIpc) is 3.06. The molecule has 0 aliphatic rings. The zero-order valence-corrected chi connectivity index (χ0v) is 16.9. The Morgan fingerprint density at radius 1 is 1.21 bits per heavy atom. The molecule has 0 saturated heterocycles. The second-order valence-corrected chi connectivity index (χ2v) is 7.85. The molecule has 1 aromatic carbocycles. The van der Waals surface area contributed by atoms with Gasteiger partial charge in [-0.3, -0.25) is 4.79 Å². The maximum atomic E-state index is 13.9. The number of rotatable bonds is 6. The first-order valence-electron chi connectivity index (χ1n) is 9.12. The molecule has 2 rings (SSSR count). The molecule has 1 heterocycles. The maximum absolute atomic E-state index is 13.9. The van der Waals surface area contributed by atoms with Crippen LogP contribution in [0.2, 0.25) is 0 Å². The Morgan fingerprint density at radius 3 is 2.50 bits per heavy atom. The van der Waals surface area contributed by atoms with Crippen molar-refractivity contribution >= 4 is 17.7 Å². The highest BCUT2D eigenvalue weighted by Gasteiger charge is 2.33. The predicted octanol–water partition coefficient (Wildman–Crippen LogP) is 3.89. The van der Waals surface area contributed by atoms with E-state index < -0.39 is 22.9 Å². The summed E-state index contributed by atoms with van der Waals surface area (Å²) < 4.78 is 20.4. The van der Waals surface area contributed by atoms with E-state index in [1.165, 1.54) is 23.1 Å². The Morgan fingerprint density at radius 2 is 1.89 bits per heavy atom. The number of carbonyl (C=O) groups is 2. The molecule has 28 heavy (non-hydrogen) atoms. The number of halogens is 1. The molecule has 0 bridgehead atoms. The number of alkyl carbamates (subject to hydrolysis) is 1. The van der Waals surface area contributed by atoms with Crippen LogP contribution in [0.15, 0.2) is 36.7 Å². The van der Waals surface area contributed by atoms with Gasteiger partial charge >= 0.3 is 6.09 Å². The lowest BCUT2D eigenvalue weighted by Crippen LogP contribution is -2.44. The molecule has 0 aliphatic carbocycles. The van der Waals surface area contributed by atoms with Crippen molar-refractivity contribution < 1.29 is 18.7 Å². The third-order valence-electron chi connectivity index (χ3n) is 4.29. The van der Waals surface area contributed by atoms with Crippen LogP contribution >= 0.6 is 0 Å². The van der Waals surface area contributed by atoms with Gasteiger partial charge in [0.15, 0.2) is 0 Å². The van der Waals surface area contributed by atoms with Gasteiger partial charge in [-0.15, -0.1) is 0 Å². The quantitative estimate of drug-likeness (QED) is 0.784. The third-order valence-corrected chi connectivity index (χ3v) is 4.29. The Hall–Kier alpha value is -2.90. The van der Waals surface area contributed by atoms with Crippen LogP contribution in [0.4, 0.5) is 14.9 Å². The molecule has 1 aromatic heterocycles. The summed E-state index contributed by atoms with van der Waals surface area (Å²) in [7, 11) is 0. The van der Waals surface area contributed by atoms with Gasteiger partial charge in [-0.1, -0.05) is 19.1 Å². The Labute approximate surface area is 164 Å². The molecule has 0 spiro atoms. The van der Waals surface area contributed by atoms with Crippen LogP contribution in [0.25, 0.3) is 5.69 Å². The molecule has 0 unspecified atom stereocenters. The molecule has 0 radical (unpaired) electrons. The van der Waals surface area contributed by atoms with Gasteiger partial charge in [-0.2, -0.15) is 5.10 Å². The number of para-hydroxylation sites is 1. The monoisotopic (exact) mass is 390 g/mol. The minimum atomic E-state index is -0.850. The van der Waals surface area contributed by atoms with E-state index in [9.17, 15) is 14.0 Å². The second-order valence-electron chi connectivity index (χ2n) is 7.85. The van der Waals surface area contributed by atoms with Gasteiger partial charge in [0.2, 0.25) is 5.91 Å². The minimum absolute atomic E-state index is 0.117. The van der Waals surface area contributed by atoms with Crippen molar-refractivity contribution in [3.8, 4) is 5.69 Å². The maximum Gasteiger partial charge on any atom is 0.407 e. The molecule has 2 amide bonds. The van der Waals surface area contributed by atoms with Crippen LogP contribution in [0, 0.1) is 11.2 Å². The van der Waals surface area contributed by atoms with Crippen LogP contribution < -0.4 is 10.6 Å². The fraction of sp³-hybridized carbons (Fsp3) is 0.450. The van der Waals surface area contributed by atoms with Gasteiger partial charge in [-0.25, -0.2) is 13.9 Å². The molecule has 0 aliphatic heterocycles. The standard InChI is InChI=1S/C20H27FN4O3/c1-6-20(5,13-22-18(27)28-19(2,3)4)17(26)24-14-11-23-25(12-14)16-10-8-7-9-15(16)21/h7-12H,6,13H2,1-5H3,(H,22,27)(H,24,26)/t20-/m0/s1. The summed E-state index contributed by atoms with van der Waals surface area (Å²) in [6.07, 6.45) is 2.90. The lowest BCUT2D eigenvalue weighted by Gasteiger charge is -2.28. The van der Waals surface area contributed by atoms with E-state index >= 15 is 0 Å². The number of ether oxygens (including phenoxy) is 1. The molecule has 1 atom stereocenters. The van der Waals surface area contributed by atoms with Crippen LogP contribution in [-0.4, -0.2) is 33.9 Å². The van der Waals surface area contributed by atoms with Gasteiger partial charge in [0, 0.05) is 6.54 Å². The van der Waals surface area contributed by atoms with Crippen molar-refractivity contribution in [2.24, 2.45) is 5.41 Å². The summed E-state index contributed by atoms with van der Waals surface area (Å²) in [5, 5.41) is 9.52. The summed E-state index contributed by atoms with van der Waals surface area (Å²) in [6.45, 7) is 9.04. The van der Waals surface area contributed by atoms with Crippen LogP contribution in [0.3, 0.4) is 0 Å². The third kappa shape index (κ3) is 5.55. The van der Waals surface area contributed by atoms with Gasteiger partial charge in [0.25, 0.3) is 0 Å². The van der Waals surface area contributed by atoms with Crippen molar-refractivity contribution in [1.29, 1.82) is 0 Å². The molecule has 2 N–H and O–H groups in total. The van der Waals surface area contributed by atoms with Crippen molar-refractivity contribution in [2.75, 3.05) is 11.9 Å². The predicted molar refractivity (Wildman–Crippen MR) is 105 cm³/mol. The molecular weight excluding hydrogens is 363 g/mol. The highest BCUT2D eigenvalue weighted by atomic mass is 19.1. The SMILES string of the molecule is CC[C@@](C)(CNC(=O)OC(C)(C)C)C(=O)Nc1cnn(-c2ccccc2F)c1. The van der Waals surface area contributed by atoms with Gasteiger partial charge in [0.05, 0.1) is 23.5 Å². The molecule has 0 fully saturated rings. The van der Waals surface area contributed by atoms with E-state index in [2.05, 4.69) is 15.7 Å². The Bertz CT molecular complexity index is 844. The van der Waals surface area contributed by atoms with Crippen LogP contribution in [-0.2, 0) is 9.53 Å². The van der Waals surface area contributed by atoms with Crippen molar-refractivity contribution in [1.82, 2.24) is 15.1 Å². The van der Waals surface area contributed by atoms with E-state index in [0.717, 1.165) is 0 Å². The number of hydrogen-bond donors (Lipinski definition) is 2. The molecule has 7 nitrogen and oxygen atoms in total. The number of anilines is 1. The van der Waals surface area contributed by atoms with Gasteiger partial charge in [-0.05, 0) is 46.2 Å². The van der Waals surface area contributed by atoms with Crippen molar-refractivity contribution in [3.63, 3.8) is 0 Å². The van der Waals surface area contributed by atoms with Gasteiger partial charge < -0.3 is 15.4 Å². The smallest absolute Gasteiger partial charge is 0.407 e. The molecule has 8 heteroatoms. The lowest BCUT2D eigenvalue weighted by atomic mass is 9.86. The molecule has 152 valence electrons. The van der Waals surface area contributed by atoms with Crippen LogP contribution in [0.5, 0.6) is 0 Å². The number of carbonyl (C=O) groups excluding carboxylic acids is 2. The van der Waals surface area contributed by atoms with Crippen molar-refractivity contribution in [2.45, 2.75) is 46.6 Å². The summed E-state index contributed by atoms with van der Waals surface area (Å²) in [4.78, 5) is 24.6. The normalized spacial score (nSPS) is 13.5.